The smallest absolute Gasteiger partial charge is 0.287 e. The minimum absolute atomic E-state index is 0.0510. The van der Waals surface area contributed by atoms with E-state index >= 15 is 0 Å². The van der Waals surface area contributed by atoms with Crippen LogP contribution in [0.1, 0.15) is 43.2 Å². The maximum atomic E-state index is 12.5. The number of likely N-dealkylation sites (tertiary alicyclic amines) is 1. The normalized spacial score (nSPS) is 20.5. The number of carbonyl (C=O) groups excluding carboxylic acids is 1. The second-order valence-electron chi connectivity index (χ2n) is 6.40. The van der Waals surface area contributed by atoms with Crippen LogP contribution in [0.5, 0.6) is 0 Å². The molecule has 1 aromatic rings. The van der Waals surface area contributed by atoms with E-state index in [0.717, 1.165) is 12.8 Å². The highest BCUT2D eigenvalue weighted by Crippen LogP contribution is 2.39. The number of rotatable bonds is 4. The highest BCUT2D eigenvalue weighted by Gasteiger charge is 2.47. The number of nitrogens with zero attached hydrogens (tertiary/aromatic N) is 3. The fourth-order valence-corrected chi connectivity index (χ4v) is 2.68. The van der Waals surface area contributed by atoms with E-state index in [4.69, 9.17) is 0 Å². The van der Waals surface area contributed by atoms with Gasteiger partial charge in [0.05, 0.1) is 24.2 Å². The lowest BCUT2D eigenvalue weighted by Gasteiger charge is -2.49. The number of carbonyl (C=O) groups is 1. The number of nitro groups is 1. The van der Waals surface area contributed by atoms with Gasteiger partial charge < -0.3 is 14.6 Å². The molecule has 1 saturated heterocycles. The first-order valence-corrected chi connectivity index (χ1v) is 7.20. The molecule has 1 N–H and O–H groups in total. The molecule has 114 valence electrons. The second kappa shape index (κ2) is 4.56. The Kier molecular flexibility index (Phi) is 3.05. The zero-order valence-corrected chi connectivity index (χ0v) is 12.2. The van der Waals surface area contributed by atoms with E-state index in [9.17, 15) is 20.0 Å². The minimum atomic E-state index is -0.835. The van der Waals surface area contributed by atoms with Gasteiger partial charge in [0.15, 0.2) is 0 Å². The lowest BCUT2D eigenvalue weighted by atomic mass is 9.83. The van der Waals surface area contributed by atoms with Gasteiger partial charge >= 0.3 is 0 Å². The molecule has 21 heavy (non-hydrogen) atoms. The Labute approximate surface area is 122 Å². The first-order valence-electron chi connectivity index (χ1n) is 7.20. The average Bonchev–Trinajstić information content (AvgIpc) is 3.12. The van der Waals surface area contributed by atoms with Gasteiger partial charge in [0.25, 0.3) is 11.6 Å². The molecule has 1 aliphatic carbocycles. The van der Waals surface area contributed by atoms with Gasteiger partial charge in [-0.15, -0.1) is 0 Å². The molecule has 1 aromatic heterocycles. The van der Waals surface area contributed by atoms with Crippen molar-refractivity contribution >= 4 is 11.6 Å². The average molecular weight is 293 g/mol. The van der Waals surface area contributed by atoms with Crippen molar-refractivity contribution in [1.29, 1.82) is 0 Å². The summed E-state index contributed by atoms with van der Waals surface area (Å²) >= 11 is 0. The predicted molar refractivity (Wildman–Crippen MR) is 75.0 cm³/mol. The molecule has 7 heteroatoms. The van der Waals surface area contributed by atoms with E-state index in [0.29, 0.717) is 5.69 Å². The second-order valence-corrected chi connectivity index (χ2v) is 6.40. The van der Waals surface area contributed by atoms with E-state index < -0.39 is 10.5 Å². The molecule has 3 rings (SSSR count). The predicted octanol–water partition coefficient (Wildman–Crippen LogP) is 1.57. The molecule has 2 heterocycles. The summed E-state index contributed by atoms with van der Waals surface area (Å²) in [5, 5.41) is 21.1. The molecule has 2 fully saturated rings. The molecule has 0 atom stereocenters. The van der Waals surface area contributed by atoms with Crippen molar-refractivity contribution in [2.45, 2.75) is 38.3 Å². The van der Waals surface area contributed by atoms with Crippen molar-refractivity contribution in [1.82, 2.24) is 9.47 Å². The monoisotopic (exact) mass is 293 g/mol. The van der Waals surface area contributed by atoms with Crippen LogP contribution in [0.2, 0.25) is 0 Å². The third-order valence-corrected chi connectivity index (χ3v) is 4.50. The van der Waals surface area contributed by atoms with Gasteiger partial charge in [-0.1, -0.05) is 13.8 Å². The highest BCUT2D eigenvalue weighted by atomic mass is 16.6. The van der Waals surface area contributed by atoms with E-state index in [1.165, 1.54) is 12.3 Å². The number of aromatic nitrogens is 1. The Morgan fingerprint density at radius 1 is 1.48 bits per heavy atom. The summed E-state index contributed by atoms with van der Waals surface area (Å²) in [7, 11) is 0. The molecule has 7 nitrogen and oxygen atoms in total. The van der Waals surface area contributed by atoms with Crippen molar-refractivity contribution in [2.24, 2.45) is 5.92 Å². The van der Waals surface area contributed by atoms with E-state index in [1.54, 1.807) is 9.47 Å². The Hall–Kier alpha value is -1.89. The molecular formula is C14H19N3O4. The lowest BCUT2D eigenvalue weighted by molar-refractivity contribution is -0.384. The van der Waals surface area contributed by atoms with Gasteiger partial charge in [0.1, 0.15) is 11.3 Å². The molecule has 1 saturated carbocycles. The van der Waals surface area contributed by atoms with Gasteiger partial charge in [-0.05, 0) is 18.8 Å². The van der Waals surface area contributed by atoms with Crippen molar-refractivity contribution < 1.29 is 14.8 Å². The number of hydrogen-bond donors (Lipinski definition) is 1. The fourth-order valence-electron chi connectivity index (χ4n) is 2.68. The van der Waals surface area contributed by atoms with Gasteiger partial charge in [0.2, 0.25) is 0 Å². The quantitative estimate of drug-likeness (QED) is 0.674. The Morgan fingerprint density at radius 3 is 2.57 bits per heavy atom. The number of aliphatic hydroxyl groups is 1. The number of β-amino-alcohol motifs (C(OH)–C–C–N with tert-alkyl or cyclic N) is 1. The van der Waals surface area contributed by atoms with Crippen molar-refractivity contribution in [3.8, 4) is 0 Å². The van der Waals surface area contributed by atoms with Crippen molar-refractivity contribution in [2.75, 3.05) is 13.1 Å². The minimum Gasteiger partial charge on any atom is -0.386 e. The summed E-state index contributed by atoms with van der Waals surface area (Å²) in [5.74, 6) is -0.161. The first-order chi connectivity index (χ1) is 9.82. The molecular weight excluding hydrogens is 274 g/mol. The summed E-state index contributed by atoms with van der Waals surface area (Å²) in [6, 6.07) is 1.54. The SMILES string of the molecule is CC(C)C1(O)CN(C(=O)c2cc([N+](=O)[O-])cn2C2CC2)C1. The Balaban J connectivity index is 1.81. The summed E-state index contributed by atoms with van der Waals surface area (Å²) < 4.78 is 1.72. The summed E-state index contributed by atoms with van der Waals surface area (Å²) in [5.41, 5.74) is -0.529. The van der Waals surface area contributed by atoms with Crippen LogP contribution in [-0.4, -0.2) is 44.1 Å². The van der Waals surface area contributed by atoms with Gasteiger partial charge in [-0.25, -0.2) is 0 Å². The fraction of sp³-hybridized carbons (Fsp3) is 0.643. The van der Waals surface area contributed by atoms with Crippen molar-refractivity contribution in [3.05, 3.63) is 28.1 Å². The third kappa shape index (κ3) is 2.31. The summed E-state index contributed by atoms with van der Waals surface area (Å²) in [6.07, 6.45) is 3.34. The zero-order valence-electron chi connectivity index (χ0n) is 12.2. The summed E-state index contributed by atoms with van der Waals surface area (Å²) in [6.45, 7) is 4.40. The van der Waals surface area contributed by atoms with Crippen LogP contribution in [0, 0.1) is 16.0 Å². The largest absolute Gasteiger partial charge is 0.386 e. The van der Waals surface area contributed by atoms with Crippen LogP contribution in [0.25, 0.3) is 0 Å². The van der Waals surface area contributed by atoms with Gasteiger partial charge in [-0.3, -0.25) is 14.9 Å². The summed E-state index contributed by atoms with van der Waals surface area (Å²) in [4.78, 5) is 24.5. The molecule has 0 bridgehead atoms. The van der Waals surface area contributed by atoms with Crippen LogP contribution >= 0.6 is 0 Å². The van der Waals surface area contributed by atoms with Gasteiger partial charge in [-0.2, -0.15) is 0 Å². The van der Waals surface area contributed by atoms with E-state index in [1.807, 2.05) is 13.8 Å². The zero-order chi connectivity index (χ0) is 15.4. The highest BCUT2D eigenvalue weighted by molar-refractivity contribution is 5.94. The molecule has 1 amide bonds. The topological polar surface area (TPSA) is 88.6 Å². The lowest BCUT2D eigenvalue weighted by Crippen LogP contribution is -2.66. The third-order valence-electron chi connectivity index (χ3n) is 4.50. The van der Waals surface area contributed by atoms with Crippen LogP contribution < -0.4 is 0 Å². The van der Waals surface area contributed by atoms with Crippen LogP contribution in [0.3, 0.4) is 0 Å². The Morgan fingerprint density at radius 2 is 2.10 bits per heavy atom. The standard InChI is InChI=1S/C14H19N3O4/c1-9(2)14(19)7-15(8-14)13(18)12-5-11(17(20)21)6-16(12)10-3-4-10/h5-6,9-10,19H,3-4,7-8H2,1-2H3. The number of amides is 1. The van der Waals surface area contributed by atoms with Gasteiger partial charge in [0, 0.05) is 12.1 Å². The van der Waals surface area contributed by atoms with Crippen molar-refractivity contribution in [3.63, 3.8) is 0 Å². The number of hydrogen-bond acceptors (Lipinski definition) is 4. The van der Waals surface area contributed by atoms with E-state index in [2.05, 4.69) is 0 Å². The molecule has 2 aliphatic rings. The molecule has 0 spiro atoms. The van der Waals surface area contributed by atoms with Crippen LogP contribution in [0.15, 0.2) is 12.3 Å². The maximum absolute atomic E-state index is 12.5. The molecule has 0 radical (unpaired) electrons. The van der Waals surface area contributed by atoms with Crippen LogP contribution in [0.4, 0.5) is 5.69 Å². The maximum Gasteiger partial charge on any atom is 0.287 e. The Bertz CT molecular complexity index is 597. The molecule has 0 aromatic carbocycles. The molecule has 1 aliphatic heterocycles. The molecule has 0 unspecified atom stereocenters. The van der Waals surface area contributed by atoms with E-state index in [-0.39, 0.29) is 36.6 Å². The van der Waals surface area contributed by atoms with Crippen LogP contribution in [-0.2, 0) is 0 Å². The first kappa shape index (κ1) is 14.1.